The number of nitrogens with zero attached hydrogens (tertiary/aromatic N) is 3. The Balaban J connectivity index is 1.56. The number of fused-ring (bicyclic) bond motifs is 1. The van der Waals surface area contributed by atoms with Gasteiger partial charge in [-0.2, -0.15) is 0 Å². The highest BCUT2D eigenvalue weighted by atomic mass is 79.9. The van der Waals surface area contributed by atoms with E-state index in [1.807, 2.05) is 65.2 Å². The maximum Gasteiger partial charge on any atom is 0.160 e. The molecule has 0 aliphatic heterocycles. The first-order chi connectivity index (χ1) is 12.2. The van der Waals surface area contributed by atoms with Crippen molar-refractivity contribution in [3.05, 3.63) is 87.5 Å². The molecule has 0 amide bonds. The molecule has 3 aromatic rings. The van der Waals surface area contributed by atoms with Crippen LogP contribution in [0.25, 0.3) is 5.65 Å². The number of pyridine rings is 1. The van der Waals surface area contributed by atoms with Crippen LogP contribution in [0, 0.1) is 0 Å². The van der Waals surface area contributed by atoms with Crippen LogP contribution < -0.4 is 0 Å². The summed E-state index contributed by atoms with van der Waals surface area (Å²) in [5.74, 6) is 1.64. The van der Waals surface area contributed by atoms with Crippen LogP contribution in [0.1, 0.15) is 23.7 Å². The zero-order chi connectivity index (χ0) is 17.2. The molecule has 2 heterocycles. The lowest BCUT2D eigenvalue weighted by Crippen LogP contribution is -2.10. The lowest BCUT2D eigenvalue weighted by Gasteiger charge is -2.21. The second kappa shape index (κ2) is 7.02. The van der Waals surface area contributed by atoms with Gasteiger partial charge in [0.05, 0.1) is 11.7 Å². The van der Waals surface area contributed by atoms with Crippen LogP contribution in [-0.4, -0.2) is 14.6 Å². The Bertz CT molecular complexity index is 965. The molecule has 0 saturated heterocycles. The average Bonchev–Trinajstić information content (AvgIpc) is 3.05. The average molecular weight is 417 g/mol. The summed E-state index contributed by atoms with van der Waals surface area (Å²) in [6, 6.07) is 14.0. The van der Waals surface area contributed by atoms with Crippen molar-refractivity contribution in [2.75, 3.05) is 0 Å². The molecule has 1 atom stereocenters. The maximum atomic E-state index is 6.46. The largest absolute Gasteiger partial charge is 0.493 e. The molecular weight excluding hydrogens is 402 g/mol. The van der Waals surface area contributed by atoms with Crippen LogP contribution >= 0.6 is 27.5 Å². The number of hydrogen-bond donors (Lipinski definition) is 0. The Kier molecular flexibility index (Phi) is 4.59. The van der Waals surface area contributed by atoms with Gasteiger partial charge in [-0.15, -0.1) is 10.2 Å². The predicted molar refractivity (Wildman–Crippen MR) is 101 cm³/mol. The zero-order valence-electron chi connectivity index (χ0n) is 13.3. The quantitative estimate of drug-likeness (QED) is 0.586. The van der Waals surface area contributed by atoms with Crippen molar-refractivity contribution in [1.29, 1.82) is 0 Å². The second-order valence-electron chi connectivity index (χ2n) is 5.85. The van der Waals surface area contributed by atoms with Crippen molar-refractivity contribution in [2.24, 2.45) is 0 Å². The van der Waals surface area contributed by atoms with E-state index in [2.05, 4.69) is 26.1 Å². The molecule has 0 N–H and O–H groups in total. The van der Waals surface area contributed by atoms with Gasteiger partial charge in [-0.1, -0.05) is 41.9 Å². The van der Waals surface area contributed by atoms with Gasteiger partial charge in [0, 0.05) is 22.1 Å². The molecule has 1 aromatic carbocycles. The molecule has 0 radical (unpaired) electrons. The number of hydrogen-bond acceptors (Lipinski definition) is 3. The molecule has 25 heavy (non-hydrogen) atoms. The standard InChI is InChI=1S/C19H15BrClN3O/c20-14-6-9-18-22-23-19(24(18)11-14)16-10-15(7-8-17(16)21)25-12-13-4-2-1-3-5-13/h1-9,11,16H,10,12H2. The van der Waals surface area contributed by atoms with Crippen molar-refractivity contribution in [2.45, 2.75) is 18.9 Å². The molecule has 4 nitrogen and oxygen atoms in total. The summed E-state index contributed by atoms with van der Waals surface area (Å²) in [4.78, 5) is 0. The minimum atomic E-state index is -0.0678. The van der Waals surface area contributed by atoms with Crippen molar-refractivity contribution < 1.29 is 4.74 Å². The fraction of sp³-hybridized carbons (Fsp3) is 0.158. The smallest absolute Gasteiger partial charge is 0.160 e. The summed E-state index contributed by atoms with van der Waals surface area (Å²) < 4.78 is 8.90. The van der Waals surface area contributed by atoms with Crippen molar-refractivity contribution >= 4 is 33.2 Å². The minimum absolute atomic E-state index is 0.0678. The highest BCUT2D eigenvalue weighted by molar-refractivity contribution is 9.10. The fourth-order valence-electron chi connectivity index (χ4n) is 2.85. The van der Waals surface area contributed by atoms with Gasteiger partial charge in [-0.05, 0) is 45.8 Å². The molecule has 1 aliphatic rings. The highest BCUT2D eigenvalue weighted by Gasteiger charge is 2.25. The van der Waals surface area contributed by atoms with Gasteiger partial charge in [0.1, 0.15) is 12.4 Å². The first-order valence-corrected chi connectivity index (χ1v) is 9.11. The second-order valence-corrected chi connectivity index (χ2v) is 7.20. The van der Waals surface area contributed by atoms with Gasteiger partial charge in [0.2, 0.25) is 0 Å². The van der Waals surface area contributed by atoms with Crippen molar-refractivity contribution in [1.82, 2.24) is 14.6 Å². The summed E-state index contributed by atoms with van der Waals surface area (Å²) >= 11 is 9.96. The lowest BCUT2D eigenvalue weighted by molar-refractivity contribution is 0.185. The monoisotopic (exact) mass is 415 g/mol. The summed E-state index contributed by atoms with van der Waals surface area (Å²) in [6.45, 7) is 0.539. The van der Waals surface area contributed by atoms with E-state index in [4.69, 9.17) is 16.3 Å². The Hall–Kier alpha value is -2.11. The molecule has 126 valence electrons. The number of allylic oxidation sites excluding steroid dienone is 4. The fourth-order valence-corrected chi connectivity index (χ4v) is 3.42. The number of ether oxygens (including phenoxy) is 1. The Labute approximate surface area is 158 Å². The van der Waals surface area contributed by atoms with E-state index in [1.165, 1.54) is 0 Å². The molecule has 4 rings (SSSR count). The molecule has 1 aliphatic carbocycles. The Morgan fingerprint density at radius 1 is 1.12 bits per heavy atom. The van der Waals surface area contributed by atoms with Gasteiger partial charge in [0.15, 0.2) is 5.65 Å². The zero-order valence-corrected chi connectivity index (χ0v) is 15.6. The molecule has 0 bridgehead atoms. The molecule has 0 fully saturated rings. The van der Waals surface area contributed by atoms with E-state index < -0.39 is 0 Å². The highest BCUT2D eigenvalue weighted by Crippen LogP contribution is 2.36. The predicted octanol–water partition coefficient (Wildman–Crippen LogP) is 5.20. The summed E-state index contributed by atoms with van der Waals surface area (Å²) in [5, 5.41) is 9.32. The molecule has 0 spiro atoms. The van der Waals surface area contributed by atoms with Crippen LogP contribution in [-0.2, 0) is 11.3 Å². The maximum absolute atomic E-state index is 6.46. The van der Waals surface area contributed by atoms with Crippen LogP contribution in [0.4, 0.5) is 0 Å². The first-order valence-electron chi connectivity index (χ1n) is 7.94. The first kappa shape index (κ1) is 16.4. The van der Waals surface area contributed by atoms with Crippen molar-refractivity contribution in [3.63, 3.8) is 0 Å². The van der Waals surface area contributed by atoms with E-state index in [0.717, 1.165) is 32.3 Å². The summed E-state index contributed by atoms with van der Waals surface area (Å²) in [5.41, 5.74) is 1.93. The van der Waals surface area contributed by atoms with Crippen molar-refractivity contribution in [3.8, 4) is 0 Å². The van der Waals surface area contributed by atoms with Crippen LogP contribution in [0.3, 0.4) is 0 Å². The Morgan fingerprint density at radius 3 is 2.80 bits per heavy atom. The van der Waals surface area contributed by atoms with Crippen LogP contribution in [0.5, 0.6) is 0 Å². The van der Waals surface area contributed by atoms with Crippen LogP contribution in [0.15, 0.2) is 76.1 Å². The van der Waals surface area contributed by atoms with E-state index in [-0.39, 0.29) is 5.92 Å². The number of halogens is 2. The Morgan fingerprint density at radius 2 is 1.96 bits per heavy atom. The summed E-state index contributed by atoms with van der Waals surface area (Å²) in [6.07, 6.45) is 6.43. The summed E-state index contributed by atoms with van der Waals surface area (Å²) in [7, 11) is 0. The van der Waals surface area contributed by atoms with Crippen LogP contribution in [0.2, 0.25) is 0 Å². The third-order valence-corrected chi connectivity index (χ3v) is 5.00. The third-order valence-electron chi connectivity index (χ3n) is 4.14. The minimum Gasteiger partial charge on any atom is -0.493 e. The topological polar surface area (TPSA) is 39.4 Å². The van der Waals surface area contributed by atoms with E-state index >= 15 is 0 Å². The van der Waals surface area contributed by atoms with E-state index in [1.54, 1.807) is 0 Å². The van der Waals surface area contributed by atoms with Gasteiger partial charge >= 0.3 is 0 Å². The number of benzene rings is 1. The van der Waals surface area contributed by atoms with E-state index in [9.17, 15) is 0 Å². The van der Waals surface area contributed by atoms with Gasteiger partial charge < -0.3 is 4.74 Å². The van der Waals surface area contributed by atoms with Gasteiger partial charge in [-0.25, -0.2) is 0 Å². The SMILES string of the molecule is ClC1=CC=C(OCc2ccccc2)CC1c1nnc2ccc(Br)cn12. The molecular formula is C19H15BrClN3O. The molecule has 2 aromatic heterocycles. The number of rotatable bonds is 4. The lowest BCUT2D eigenvalue weighted by atomic mass is 9.98. The molecule has 1 unspecified atom stereocenters. The van der Waals surface area contributed by atoms with E-state index in [0.29, 0.717) is 13.0 Å². The van der Waals surface area contributed by atoms with Gasteiger partial charge in [-0.3, -0.25) is 4.40 Å². The van der Waals surface area contributed by atoms with Gasteiger partial charge in [0.25, 0.3) is 0 Å². The normalized spacial score (nSPS) is 17.3. The molecule has 6 heteroatoms. The number of aromatic nitrogens is 3. The molecule has 0 saturated carbocycles. The third kappa shape index (κ3) is 3.48.